The first kappa shape index (κ1) is 18.4. The highest BCUT2D eigenvalue weighted by Gasteiger charge is 2.04. The Hall–Kier alpha value is -2.93. The maximum absolute atomic E-state index is 10.6. The molecular weight excluding hydrogens is 340 g/mol. The van der Waals surface area contributed by atoms with E-state index >= 15 is 0 Å². The molecule has 128 valence electrons. The molecule has 0 fully saturated rings. The molecule has 25 heavy (non-hydrogen) atoms. The lowest BCUT2D eigenvalue weighted by atomic mass is 10.2. The van der Waals surface area contributed by atoms with Gasteiger partial charge in [0.1, 0.15) is 0 Å². The minimum Gasteiger partial charge on any atom is -0.259 e. The lowest BCUT2D eigenvalue weighted by molar-refractivity contribution is -0.422. The normalized spacial score (nSPS) is 12.1. The van der Waals surface area contributed by atoms with Crippen molar-refractivity contribution in [1.82, 2.24) is 0 Å². The van der Waals surface area contributed by atoms with Gasteiger partial charge >= 0.3 is 0 Å². The van der Waals surface area contributed by atoms with Crippen LogP contribution in [0.15, 0.2) is 69.7 Å². The summed E-state index contributed by atoms with van der Waals surface area (Å²) in [6.45, 7) is 2.92. The monoisotopic (exact) mass is 356 g/mol. The Balaban J connectivity index is 2.07. The zero-order valence-electron chi connectivity index (χ0n) is 13.7. The van der Waals surface area contributed by atoms with Gasteiger partial charge in [-0.05, 0) is 35.4 Å². The molecule has 0 unspecified atom stereocenters. The first-order valence-corrected chi connectivity index (χ1v) is 8.20. The van der Waals surface area contributed by atoms with E-state index in [2.05, 4.69) is 0 Å². The molecule has 0 bridgehead atoms. The summed E-state index contributed by atoms with van der Waals surface area (Å²) in [5.74, 6) is 0. The smallest absolute Gasteiger partial charge is 0.243 e. The molecule has 6 nitrogen and oxygen atoms in total. The van der Waals surface area contributed by atoms with E-state index in [1.54, 1.807) is 11.8 Å². The van der Waals surface area contributed by atoms with Crippen molar-refractivity contribution in [3.63, 3.8) is 0 Å². The SMILES string of the molecule is CC(=Cc1ccc(Sc2ccc(C=C(C)[N+](=O)[O-])cc2)cc1)[N+](=O)[O-]. The van der Waals surface area contributed by atoms with Gasteiger partial charge in [-0.25, -0.2) is 0 Å². The molecule has 2 aromatic rings. The molecule has 0 saturated carbocycles. The van der Waals surface area contributed by atoms with Crippen molar-refractivity contribution in [1.29, 1.82) is 0 Å². The molecule has 0 heterocycles. The van der Waals surface area contributed by atoms with Gasteiger partial charge in [0.15, 0.2) is 0 Å². The van der Waals surface area contributed by atoms with E-state index in [9.17, 15) is 20.2 Å². The molecule has 0 saturated heterocycles. The van der Waals surface area contributed by atoms with Crippen LogP contribution in [0.3, 0.4) is 0 Å². The molecular formula is C18H16N2O4S. The summed E-state index contributed by atoms with van der Waals surface area (Å²) in [7, 11) is 0. The highest BCUT2D eigenvalue weighted by Crippen LogP contribution is 2.28. The van der Waals surface area contributed by atoms with Crippen molar-refractivity contribution in [3.05, 3.63) is 91.3 Å². The van der Waals surface area contributed by atoms with Gasteiger partial charge in [0.2, 0.25) is 11.4 Å². The van der Waals surface area contributed by atoms with Crippen LogP contribution < -0.4 is 0 Å². The summed E-state index contributed by atoms with van der Waals surface area (Å²) in [5.41, 5.74) is 1.73. The maximum atomic E-state index is 10.6. The molecule has 0 aliphatic carbocycles. The van der Waals surface area contributed by atoms with Crippen LogP contribution >= 0.6 is 11.8 Å². The number of hydrogen-bond donors (Lipinski definition) is 0. The van der Waals surface area contributed by atoms with Crippen LogP contribution in [0.4, 0.5) is 0 Å². The van der Waals surface area contributed by atoms with Crippen molar-refractivity contribution >= 4 is 23.9 Å². The lowest BCUT2D eigenvalue weighted by Crippen LogP contribution is -1.92. The van der Waals surface area contributed by atoms with Gasteiger partial charge in [0.05, 0.1) is 9.85 Å². The van der Waals surface area contributed by atoms with Gasteiger partial charge in [-0.2, -0.15) is 0 Å². The predicted octanol–water partition coefficient (Wildman–Crippen LogP) is 5.11. The number of hydrogen-bond acceptors (Lipinski definition) is 5. The predicted molar refractivity (Wildman–Crippen MR) is 98.3 cm³/mol. The number of nitrogens with zero attached hydrogens (tertiary/aromatic N) is 2. The van der Waals surface area contributed by atoms with E-state index in [0.717, 1.165) is 20.9 Å². The highest BCUT2D eigenvalue weighted by molar-refractivity contribution is 7.99. The molecule has 0 N–H and O–H groups in total. The highest BCUT2D eigenvalue weighted by atomic mass is 32.2. The first-order chi connectivity index (χ1) is 11.8. The second-order valence-electron chi connectivity index (χ2n) is 5.33. The first-order valence-electron chi connectivity index (χ1n) is 7.38. The Morgan fingerprint density at radius 2 is 1.08 bits per heavy atom. The van der Waals surface area contributed by atoms with E-state index in [0.29, 0.717) is 0 Å². The zero-order valence-corrected chi connectivity index (χ0v) is 14.5. The van der Waals surface area contributed by atoms with Crippen molar-refractivity contribution in [2.24, 2.45) is 0 Å². The molecule has 0 aliphatic heterocycles. The van der Waals surface area contributed by atoms with Crippen molar-refractivity contribution in [2.75, 3.05) is 0 Å². The number of rotatable bonds is 6. The summed E-state index contributed by atoms with van der Waals surface area (Å²) >= 11 is 1.55. The van der Waals surface area contributed by atoms with E-state index in [1.165, 1.54) is 26.0 Å². The second kappa shape index (κ2) is 8.25. The summed E-state index contributed by atoms with van der Waals surface area (Å²) in [6, 6.07) is 14.9. The molecule has 0 spiro atoms. The Labute approximate surface area is 149 Å². The average Bonchev–Trinajstić information content (AvgIpc) is 2.58. The second-order valence-corrected chi connectivity index (χ2v) is 6.47. The Morgan fingerprint density at radius 1 is 0.760 bits per heavy atom. The number of nitro groups is 2. The standard InChI is InChI=1S/C18H16N2O4S/c1-13(19(21)22)11-15-3-7-17(8-4-15)25-18-9-5-16(6-10-18)12-14(2)20(23)24/h3-12H,1-2H3. The largest absolute Gasteiger partial charge is 0.259 e. The van der Waals surface area contributed by atoms with Crippen LogP contribution in [-0.4, -0.2) is 9.85 Å². The molecule has 0 amide bonds. The quantitative estimate of drug-likeness (QED) is 0.530. The maximum Gasteiger partial charge on any atom is 0.243 e. The third-order valence-electron chi connectivity index (χ3n) is 3.32. The fourth-order valence-electron chi connectivity index (χ4n) is 1.99. The van der Waals surface area contributed by atoms with E-state index in [4.69, 9.17) is 0 Å². The topological polar surface area (TPSA) is 86.3 Å². The van der Waals surface area contributed by atoms with Gasteiger partial charge in [0.25, 0.3) is 0 Å². The summed E-state index contributed by atoms with van der Waals surface area (Å²) in [6.07, 6.45) is 3.04. The number of allylic oxidation sites excluding steroid dienone is 2. The Bertz CT molecular complexity index is 769. The van der Waals surface area contributed by atoms with Crippen LogP contribution in [0.1, 0.15) is 25.0 Å². The molecule has 2 rings (SSSR count). The van der Waals surface area contributed by atoms with Gasteiger partial charge in [-0.15, -0.1) is 0 Å². The van der Waals surface area contributed by atoms with Crippen LogP contribution in [0, 0.1) is 20.2 Å². The summed E-state index contributed by atoms with van der Waals surface area (Å²) < 4.78 is 0. The van der Waals surface area contributed by atoms with Gasteiger partial charge in [-0.3, -0.25) is 20.2 Å². The van der Waals surface area contributed by atoms with Crippen LogP contribution in [0.5, 0.6) is 0 Å². The van der Waals surface area contributed by atoms with E-state index in [1.807, 2.05) is 48.5 Å². The molecule has 0 atom stereocenters. The van der Waals surface area contributed by atoms with Crippen molar-refractivity contribution in [3.8, 4) is 0 Å². The lowest BCUT2D eigenvalue weighted by Gasteiger charge is -2.03. The van der Waals surface area contributed by atoms with Crippen molar-refractivity contribution < 1.29 is 9.85 Å². The molecule has 0 aliphatic rings. The van der Waals surface area contributed by atoms with Gasteiger partial charge in [0, 0.05) is 35.8 Å². The van der Waals surface area contributed by atoms with Crippen molar-refractivity contribution in [2.45, 2.75) is 23.6 Å². The Kier molecular flexibility index (Phi) is 6.08. The third kappa shape index (κ3) is 5.58. The Morgan fingerprint density at radius 3 is 1.36 bits per heavy atom. The minimum absolute atomic E-state index is 0.0917. The fourth-order valence-corrected chi connectivity index (χ4v) is 2.80. The average molecular weight is 356 g/mol. The molecule has 0 aromatic heterocycles. The van der Waals surface area contributed by atoms with E-state index in [-0.39, 0.29) is 11.4 Å². The summed E-state index contributed by atoms with van der Waals surface area (Å²) in [4.78, 5) is 22.4. The van der Waals surface area contributed by atoms with Crippen LogP contribution in [0.25, 0.3) is 12.2 Å². The van der Waals surface area contributed by atoms with Gasteiger partial charge in [-0.1, -0.05) is 36.0 Å². The molecule has 0 radical (unpaired) electrons. The number of benzene rings is 2. The third-order valence-corrected chi connectivity index (χ3v) is 4.34. The van der Waals surface area contributed by atoms with E-state index < -0.39 is 9.85 Å². The minimum atomic E-state index is -0.417. The summed E-state index contributed by atoms with van der Waals surface area (Å²) in [5, 5.41) is 21.3. The molecule has 7 heteroatoms. The molecule has 2 aromatic carbocycles. The fraction of sp³-hybridized carbons (Fsp3) is 0.111. The van der Waals surface area contributed by atoms with Crippen LogP contribution in [-0.2, 0) is 0 Å². The van der Waals surface area contributed by atoms with Crippen LogP contribution in [0.2, 0.25) is 0 Å². The zero-order chi connectivity index (χ0) is 18.4. The van der Waals surface area contributed by atoms with Gasteiger partial charge < -0.3 is 0 Å².